The zero-order chi connectivity index (χ0) is 18.7. The van der Waals surface area contributed by atoms with Crippen molar-refractivity contribution >= 4 is 17.6 Å². The first-order valence-electron chi connectivity index (χ1n) is 8.26. The van der Waals surface area contributed by atoms with Crippen molar-refractivity contribution in [3.8, 4) is 5.69 Å². The Balaban J connectivity index is 1.91. The van der Waals surface area contributed by atoms with Gasteiger partial charge < -0.3 is 15.0 Å². The molecule has 0 saturated heterocycles. The molecular formula is C17H18N4O5. The zero-order valence-electron chi connectivity index (χ0n) is 13.9. The number of nitro groups is 1. The van der Waals surface area contributed by atoms with Crippen molar-refractivity contribution in [3.05, 3.63) is 52.6 Å². The number of benzene rings is 1. The van der Waals surface area contributed by atoms with Gasteiger partial charge in [-0.05, 0) is 25.0 Å². The summed E-state index contributed by atoms with van der Waals surface area (Å²) in [5.74, 6) is -1.70. The van der Waals surface area contributed by atoms with E-state index in [1.165, 1.54) is 29.2 Å². The fourth-order valence-electron chi connectivity index (χ4n) is 3.27. The quantitative estimate of drug-likeness (QED) is 0.623. The lowest BCUT2D eigenvalue weighted by Crippen LogP contribution is -2.55. The number of hydrogen-bond acceptors (Lipinski definition) is 5. The number of carboxylic acid groups (broad SMARTS) is 1. The Bertz CT molecular complexity index is 841. The third kappa shape index (κ3) is 3.28. The number of aromatic nitrogens is 2. The lowest BCUT2D eigenvalue weighted by molar-refractivity contribution is -0.384. The number of carbonyl (C=O) groups excluding carboxylic acids is 1. The monoisotopic (exact) mass is 358 g/mol. The highest BCUT2D eigenvalue weighted by molar-refractivity contribution is 5.98. The largest absolute Gasteiger partial charge is 0.480 e. The summed E-state index contributed by atoms with van der Waals surface area (Å²) >= 11 is 0. The molecule has 9 nitrogen and oxygen atoms in total. The molecule has 136 valence electrons. The maximum Gasteiger partial charge on any atom is 0.329 e. The van der Waals surface area contributed by atoms with Crippen molar-refractivity contribution in [1.82, 2.24) is 14.9 Å². The molecule has 0 radical (unpaired) electrons. The van der Waals surface area contributed by atoms with Gasteiger partial charge in [0.2, 0.25) is 0 Å². The Morgan fingerprint density at radius 3 is 2.58 bits per heavy atom. The molecule has 2 N–H and O–H groups in total. The molecule has 1 heterocycles. The van der Waals surface area contributed by atoms with Crippen LogP contribution in [0.15, 0.2) is 36.9 Å². The highest BCUT2D eigenvalue weighted by atomic mass is 16.6. The van der Waals surface area contributed by atoms with Gasteiger partial charge in [0.25, 0.3) is 11.6 Å². The Morgan fingerprint density at radius 2 is 2.00 bits per heavy atom. The second-order valence-electron chi connectivity index (χ2n) is 6.33. The summed E-state index contributed by atoms with van der Waals surface area (Å²) in [7, 11) is 0. The third-order valence-electron chi connectivity index (χ3n) is 4.69. The minimum atomic E-state index is -1.31. The molecule has 0 atom stereocenters. The van der Waals surface area contributed by atoms with Gasteiger partial charge in [0.05, 0.1) is 11.3 Å². The van der Waals surface area contributed by atoms with Crippen LogP contribution in [0.4, 0.5) is 5.69 Å². The molecule has 0 unspecified atom stereocenters. The van der Waals surface area contributed by atoms with Crippen LogP contribution < -0.4 is 5.32 Å². The number of nitrogens with zero attached hydrogens (tertiary/aromatic N) is 3. The summed E-state index contributed by atoms with van der Waals surface area (Å²) < 4.78 is 1.47. The van der Waals surface area contributed by atoms with Gasteiger partial charge in [-0.1, -0.05) is 19.3 Å². The molecule has 0 spiro atoms. The van der Waals surface area contributed by atoms with E-state index in [0.29, 0.717) is 25.7 Å². The third-order valence-corrected chi connectivity index (χ3v) is 4.69. The number of nitrogens with one attached hydrogen (secondary N) is 1. The summed E-state index contributed by atoms with van der Waals surface area (Å²) in [5, 5.41) is 23.6. The average molecular weight is 358 g/mol. The van der Waals surface area contributed by atoms with Crippen LogP contribution in [0.25, 0.3) is 5.69 Å². The van der Waals surface area contributed by atoms with Crippen LogP contribution in [0, 0.1) is 10.1 Å². The Morgan fingerprint density at radius 1 is 1.27 bits per heavy atom. The molecule has 1 fully saturated rings. The number of carboxylic acids is 1. The molecule has 26 heavy (non-hydrogen) atoms. The number of hydrogen-bond donors (Lipinski definition) is 2. The maximum atomic E-state index is 12.6. The van der Waals surface area contributed by atoms with Crippen LogP contribution in [-0.4, -0.2) is 37.0 Å². The lowest BCUT2D eigenvalue weighted by Gasteiger charge is -2.33. The van der Waals surface area contributed by atoms with Gasteiger partial charge in [0.1, 0.15) is 11.2 Å². The first-order chi connectivity index (χ1) is 12.4. The van der Waals surface area contributed by atoms with Crippen molar-refractivity contribution in [2.45, 2.75) is 37.6 Å². The van der Waals surface area contributed by atoms with Crippen LogP contribution in [0.3, 0.4) is 0 Å². The highest BCUT2D eigenvalue weighted by Gasteiger charge is 2.41. The van der Waals surface area contributed by atoms with Crippen LogP contribution >= 0.6 is 0 Å². The molecule has 3 rings (SSSR count). The molecule has 1 aliphatic carbocycles. The Labute approximate surface area is 148 Å². The summed E-state index contributed by atoms with van der Waals surface area (Å²) in [6.07, 6.45) is 7.53. The lowest BCUT2D eigenvalue weighted by atomic mass is 9.81. The molecule has 9 heteroatoms. The van der Waals surface area contributed by atoms with Crippen LogP contribution in [0.1, 0.15) is 42.5 Å². The van der Waals surface area contributed by atoms with Crippen molar-refractivity contribution in [1.29, 1.82) is 0 Å². The predicted molar refractivity (Wildman–Crippen MR) is 91.1 cm³/mol. The first kappa shape index (κ1) is 17.6. The Hall–Kier alpha value is -3.23. The van der Waals surface area contributed by atoms with E-state index in [0.717, 1.165) is 12.5 Å². The predicted octanol–water partition coefficient (Wildman–Crippen LogP) is 2.30. The van der Waals surface area contributed by atoms with Gasteiger partial charge in [-0.15, -0.1) is 0 Å². The van der Waals surface area contributed by atoms with Gasteiger partial charge >= 0.3 is 5.97 Å². The van der Waals surface area contributed by atoms with Crippen molar-refractivity contribution in [2.24, 2.45) is 0 Å². The number of nitro benzene ring substituents is 1. The van der Waals surface area contributed by atoms with E-state index in [4.69, 9.17) is 0 Å². The number of carbonyl (C=O) groups is 2. The van der Waals surface area contributed by atoms with Crippen molar-refractivity contribution < 1.29 is 19.6 Å². The van der Waals surface area contributed by atoms with Crippen LogP contribution in [0.2, 0.25) is 0 Å². The number of aliphatic carboxylic acids is 1. The van der Waals surface area contributed by atoms with Crippen molar-refractivity contribution in [3.63, 3.8) is 0 Å². The summed E-state index contributed by atoms with van der Waals surface area (Å²) in [6.45, 7) is 0. The molecule has 1 amide bonds. The molecule has 1 aliphatic rings. The van der Waals surface area contributed by atoms with E-state index in [2.05, 4.69) is 10.3 Å². The summed E-state index contributed by atoms with van der Waals surface area (Å²) in [5.41, 5.74) is -1.25. The fourth-order valence-corrected chi connectivity index (χ4v) is 3.27. The molecule has 0 aliphatic heterocycles. The molecule has 0 bridgehead atoms. The SMILES string of the molecule is O=C(NC1(C(=O)O)CCCCC1)c1ccc(-n2ccnc2)c([N+](=O)[O-])c1. The maximum absolute atomic E-state index is 12.6. The van der Waals surface area contributed by atoms with E-state index in [9.17, 15) is 24.8 Å². The van der Waals surface area contributed by atoms with Gasteiger partial charge in [-0.2, -0.15) is 0 Å². The smallest absolute Gasteiger partial charge is 0.329 e. The topological polar surface area (TPSA) is 127 Å². The summed E-state index contributed by atoms with van der Waals surface area (Å²) in [6, 6.07) is 4.04. The number of amides is 1. The molecule has 1 saturated carbocycles. The van der Waals surface area contributed by atoms with Gasteiger partial charge in [0.15, 0.2) is 0 Å². The van der Waals surface area contributed by atoms with Gasteiger partial charge in [-0.25, -0.2) is 9.78 Å². The second-order valence-corrected chi connectivity index (χ2v) is 6.33. The van der Waals surface area contributed by atoms with Crippen LogP contribution in [-0.2, 0) is 4.79 Å². The summed E-state index contributed by atoms with van der Waals surface area (Å²) in [4.78, 5) is 38.9. The van der Waals surface area contributed by atoms with E-state index in [-0.39, 0.29) is 16.9 Å². The minimum absolute atomic E-state index is 0.0479. The van der Waals surface area contributed by atoms with E-state index in [1.54, 1.807) is 6.20 Å². The van der Waals surface area contributed by atoms with Gasteiger partial charge in [-0.3, -0.25) is 14.9 Å². The van der Waals surface area contributed by atoms with Gasteiger partial charge in [0, 0.05) is 24.0 Å². The van der Waals surface area contributed by atoms with Crippen LogP contribution in [0.5, 0.6) is 0 Å². The molecule has 1 aromatic carbocycles. The van der Waals surface area contributed by atoms with Crippen molar-refractivity contribution in [2.75, 3.05) is 0 Å². The molecule has 2 aromatic rings. The number of rotatable bonds is 5. The van der Waals surface area contributed by atoms with E-state index >= 15 is 0 Å². The first-order valence-corrected chi connectivity index (χ1v) is 8.26. The molecular weight excluding hydrogens is 340 g/mol. The average Bonchev–Trinajstić information content (AvgIpc) is 3.16. The molecule has 1 aromatic heterocycles. The minimum Gasteiger partial charge on any atom is -0.480 e. The number of imidazole rings is 1. The van der Waals surface area contributed by atoms with E-state index in [1.807, 2.05) is 0 Å². The zero-order valence-corrected chi connectivity index (χ0v) is 13.9. The Kier molecular flexibility index (Phi) is 4.70. The second kappa shape index (κ2) is 6.95. The normalized spacial score (nSPS) is 16.0. The highest BCUT2D eigenvalue weighted by Crippen LogP contribution is 2.30. The standard InChI is InChI=1S/C17H18N4O5/c22-15(19-17(16(23)24)6-2-1-3-7-17)12-4-5-13(14(10-12)21(25)26)20-9-8-18-11-20/h4-5,8-11H,1-3,6-7H2,(H,19,22)(H,23,24). The van der Waals surface area contributed by atoms with E-state index < -0.39 is 22.3 Å². The fraction of sp³-hybridized carbons (Fsp3) is 0.353.